The van der Waals surface area contributed by atoms with Gasteiger partial charge in [0.25, 0.3) is 0 Å². The van der Waals surface area contributed by atoms with Gasteiger partial charge < -0.3 is 4.74 Å². The van der Waals surface area contributed by atoms with Crippen LogP contribution in [0, 0.1) is 0 Å². The summed E-state index contributed by atoms with van der Waals surface area (Å²) in [6.45, 7) is 6.87. The van der Waals surface area contributed by atoms with Crippen LogP contribution in [0.3, 0.4) is 0 Å². The van der Waals surface area contributed by atoms with Crippen LogP contribution in [-0.4, -0.2) is 31.9 Å². The van der Waals surface area contributed by atoms with E-state index in [-0.39, 0.29) is 9.90 Å². The van der Waals surface area contributed by atoms with Gasteiger partial charge in [0, 0.05) is 14.4 Å². The third-order valence-corrected chi connectivity index (χ3v) is 7.25. The molecular weight excluding hydrogens is 174 g/mol. The van der Waals surface area contributed by atoms with Crippen LogP contribution in [0.5, 0.6) is 0 Å². The zero-order chi connectivity index (χ0) is 8.04. The van der Waals surface area contributed by atoms with E-state index in [0.717, 1.165) is 6.35 Å². The van der Waals surface area contributed by atoms with Crippen molar-refractivity contribution in [1.82, 2.24) is 0 Å². The largest absolute Gasteiger partial charge is 0.350 e. The molecule has 0 spiro atoms. The molecule has 0 amide bonds. The van der Waals surface area contributed by atoms with Crippen molar-refractivity contribution in [3.8, 4) is 0 Å². The molecule has 0 saturated carbocycles. The lowest BCUT2D eigenvalue weighted by Crippen LogP contribution is -2.08. The van der Waals surface area contributed by atoms with Crippen molar-refractivity contribution in [2.75, 3.05) is 31.9 Å². The number of hydrogen-bond acceptors (Lipinski definition) is 1. The number of ether oxygens (including phenoxy) is 1. The fourth-order valence-electron chi connectivity index (χ4n) is 1.22. The highest BCUT2D eigenvalue weighted by molar-refractivity contribution is 7.75. The lowest BCUT2D eigenvalue weighted by Gasteiger charge is -2.21. The van der Waals surface area contributed by atoms with E-state index >= 15 is 0 Å². The van der Waals surface area contributed by atoms with Crippen molar-refractivity contribution in [2.45, 2.75) is 20.8 Å². The Balaban J connectivity index is 0. The topological polar surface area (TPSA) is 9.23 Å². The molecule has 1 unspecified atom stereocenters. The summed E-state index contributed by atoms with van der Waals surface area (Å²) in [7, 11) is 1.15. The van der Waals surface area contributed by atoms with Gasteiger partial charge in [-0.15, -0.1) is 0 Å². The lowest BCUT2D eigenvalue weighted by atomic mass is 10.9. The maximum absolute atomic E-state index is 5.23. The fourth-order valence-corrected chi connectivity index (χ4v) is 3.66. The molecule has 0 saturated heterocycles. The standard InChI is InChI=1S/C8H20OP.H3P/c1-5-10(6-2,7-3)8-9-4;/h5-8H2,1-4H3;1H3/q+1;. The predicted molar refractivity (Wildman–Crippen MR) is 61.5 cm³/mol. The van der Waals surface area contributed by atoms with Gasteiger partial charge in [-0.1, -0.05) is 0 Å². The molecule has 0 aromatic carbocycles. The van der Waals surface area contributed by atoms with Crippen LogP contribution in [0.15, 0.2) is 0 Å². The first-order chi connectivity index (χ1) is 4.74. The van der Waals surface area contributed by atoms with Crippen molar-refractivity contribution in [3.63, 3.8) is 0 Å². The first kappa shape index (κ1) is 14.3. The monoisotopic (exact) mass is 197 g/mol. The smallest absolute Gasteiger partial charge is 0.156 e. The van der Waals surface area contributed by atoms with Gasteiger partial charge in [-0.3, -0.25) is 0 Å². The maximum atomic E-state index is 5.23. The second kappa shape index (κ2) is 7.47. The highest BCUT2D eigenvalue weighted by Crippen LogP contribution is 2.57. The third kappa shape index (κ3) is 4.41. The molecule has 0 fully saturated rings. The van der Waals surface area contributed by atoms with Crippen molar-refractivity contribution < 1.29 is 4.74 Å². The zero-order valence-corrected chi connectivity index (χ0v) is 10.7. The minimum atomic E-state index is -0.661. The van der Waals surface area contributed by atoms with E-state index in [4.69, 9.17) is 4.74 Å². The minimum Gasteiger partial charge on any atom is -0.350 e. The molecule has 0 aliphatic carbocycles. The average Bonchev–Trinajstić information content (AvgIpc) is 2.01. The maximum Gasteiger partial charge on any atom is 0.156 e. The van der Waals surface area contributed by atoms with E-state index in [0.29, 0.717) is 0 Å². The number of hydrogen-bond donors (Lipinski definition) is 0. The van der Waals surface area contributed by atoms with E-state index in [2.05, 4.69) is 20.8 Å². The van der Waals surface area contributed by atoms with Crippen LogP contribution in [0.1, 0.15) is 20.8 Å². The van der Waals surface area contributed by atoms with Crippen molar-refractivity contribution >= 4 is 17.2 Å². The molecule has 0 radical (unpaired) electrons. The molecule has 1 nitrogen and oxygen atoms in total. The second-order valence-corrected chi connectivity index (χ2v) is 7.55. The zero-order valence-electron chi connectivity index (χ0n) is 8.39. The predicted octanol–water partition coefficient (Wildman–Crippen LogP) is 2.73. The molecule has 70 valence electrons. The molecule has 0 heterocycles. The molecular formula is C8H23OP2+. The fraction of sp³-hybridized carbons (Fsp3) is 1.00. The average molecular weight is 197 g/mol. The lowest BCUT2D eigenvalue weighted by molar-refractivity contribution is 0.252. The molecule has 1 atom stereocenters. The number of methoxy groups -OCH3 is 1. The quantitative estimate of drug-likeness (QED) is 0.616. The Morgan fingerprint density at radius 1 is 1.00 bits per heavy atom. The Labute approximate surface area is 75.2 Å². The Morgan fingerprint density at radius 3 is 1.45 bits per heavy atom. The molecule has 3 heteroatoms. The van der Waals surface area contributed by atoms with Crippen molar-refractivity contribution in [2.24, 2.45) is 0 Å². The Bertz CT molecular complexity index is 73.9. The highest BCUT2D eigenvalue weighted by atomic mass is 31.2. The summed E-state index contributed by atoms with van der Waals surface area (Å²) in [6, 6.07) is 0. The van der Waals surface area contributed by atoms with Gasteiger partial charge >= 0.3 is 0 Å². The molecule has 0 aliphatic rings. The SMILES string of the molecule is CC[P+](CC)(CC)COC.P. The first-order valence-electron chi connectivity index (χ1n) is 4.08. The van der Waals surface area contributed by atoms with Gasteiger partial charge in [0.1, 0.15) is 0 Å². The first-order valence-corrected chi connectivity index (χ1v) is 6.61. The van der Waals surface area contributed by atoms with Crippen LogP contribution >= 0.6 is 17.2 Å². The third-order valence-electron chi connectivity index (χ3n) is 2.42. The molecule has 0 aromatic rings. The highest BCUT2D eigenvalue weighted by Gasteiger charge is 2.30. The van der Waals surface area contributed by atoms with Gasteiger partial charge in [-0.25, -0.2) is 0 Å². The van der Waals surface area contributed by atoms with Crippen molar-refractivity contribution in [3.05, 3.63) is 0 Å². The summed E-state index contributed by atoms with van der Waals surface area (Å²) in [5.41, 5.74) is 0. The van der Waals surface area contributed by atoms with E-state index in [1.807, 2.05) is 7.11 Å². The summed E-state index contributed by atoms with van der Waals surface area (Å²) in [6.07, 6.45) is 5.05. The van der Waals surface area contributed by atoms with Crippen LogP contribution in [0.2, 0.25) is 0 Å². The summed E-state index contributed by atoms with van der Waals surface area (Å²) < 4.78 is 5.23. The van der Waals surface area contributed by atoms with E-state index in [1.54, 1.807) is 0 Å². The van der Waals surface area contributed by atoms with E-state index in [1.165, 1.54) is 18.5 Å². The molecule has 0 bridgehead atoms. The van der Waals surface area contributed by atoms with E-state index < -0.39 is 7.26 Å². The van der Waals surface area contributed by atoms with Crippen LogP contribution < -0.4 is 0 Å². The summed E-state index contributed by atoms with van der Waals surface area (Å²) in [5.74, 6) is 0. The second-order valence-electron chi connectivity index (χ2n) is 2.71. The molecule has 0 aromatic heterocycles. The Hall–Kier alpha value is 0.820. The minimum absolute atomic E-state index is 0. The van der Waals surface area contributed by atoms with Gasteiger partial charge in [-0.05, 0) is 20.8 Å². The van der Waals surface area contributed by atoms with Crippen LogP contribution in [0.25, 0.3) is 0 Å². The Morgan fingerprint density at radius 2 is 1.36 bits per heavy atom. The van der Waals surface area contributed by atoms with Crippen LogP contribution in [-0.2, 0) is 4.74 Å². The summed E-state index contributed by atoms with van der Waals surface area (Å²) in [5, 5.41) is 0. The molecule has 0 aliphatic heterocycles. The normalized spacial score (nSPS) is 10.9. The van der Waals surface area contributed by atoms with Gasteiger partial charge in [0.15, 0.2) is 6.35 Å². The number of rotatable bonds is 5. The molecule has 0 rings (SSSR count). The Kier molecular flexibility index (Phi) is 9.74. The van der Waals surface area contributed by atoms with Crippen molar-refractivity contribution in [1.29, 1.82) is 0 Å². The molecule has 0 N–H and O–H groups in total. The van der Waals surface area contributed by atoms with E-state index in [9.17, 15) is 0 Å². The van der Waals surface area contributed by atoms with Gasteiger partial charge in [-0.2, -0.15) is 9.90 Å². The van der Waals surface area contributed by atoms with Gasteiger partial charge in [0.2, 0.25) is 0 Å². The van der Waals surface area contributed by atoms with Crippen LogP contribution in [0.4, 0.5) is 0 Å². The summed E-state index contributed by atoms with van der Waals surface area (Å²) >= 11 is 0. The molecule has 11 heavy (non-hydrogen) atoms. The van der Waals surface area contributed by atoms with Gasteiger partial charge in [0.05, 0.1) is 18.5 Å². The summed E-state index contributed by atoms with van der Waals surface area (Å²) in [4.78, 5) is 0.